The first-order chi connectivity index (χ1) is 13.2. The van der Waals surface area contributed by atoms with Crippen LogP contribution in [-0.2, 0) is 4.79 Å². The Hall–Kier alpha value is -2.36. The van der Waals surface area contributed by atoms with E-state index in [-0.39, 0.29) is 11.8 Å². The van der Waals surface area contributed by atoms with E-state index in [1.807, 2.05) is 96.9 Å². The molecule has 5 nitrogen and oxygen atoms in total. The molecule has 0 atom stereocenters. The molecule has 6 heteroatoms. The summed E-state index contributed by atoms with van der Waals surface area (Å²) in [6, 6.07) is 19.6. The second-order valence-electron chi connectivity index (χ2n) is 8.22. The standard InChI is InChI=1S/C22H29N2O3P/c1-22(2,3)17-20(16-21(25)26)28(27)23(18-10-6-4-7-11-18)14-15-24(28)19-12-8-5-9-13-19/h4-13,17,27-28H,14-16H2,1-3H3,(H,25,26)/b20-17-. The number of allylic oxidation sites excluding steroid dienone is 1. The molecular formula is C22H29N2O3P. The van der Waals surface area contributed by atoms with Crippen molar-refractivity contribution >= 4 is 25.1 Å². The van der Waals surface area contributed by atoms with Crippen molar-refractivity contribution in [1.29, 1.82) is 0 Å². The number of benzene rings is 2. The Kier molecular flexibility index (Phi) is 5.78. The van der Waals surface area contributed by atoms with Gasteiger partial charge in [-0.25, -0.2) is 0 Å². The molecule has 0 radical (unpaired) electrons. The molecule has 0 unspecified atom stereocenters. The monoisotopic (exact) mass is 400 g/mol. The zero-order valence-electron chi connectivity index (χ0n) is 16.7. The number of nitrogens with zero attached hydrogens (tertiary/aromatic N) is 2. The quantitative estimate of drug-likeness (QED) is 0.699. The van der Waals surface area contributed by atoms with Gasteiger partial charge >= 0.3 is 167 Å². The molecule has 1 aliphatic heterocycles. The molecule has 2 aromatic carbocycles. The summed E-state index contributed by atoms with van der Waals surface area (Å²) in [5, 5.41) is 10.2. The molecule has 0 aromatic heterocycles. The molecule has 2 aromatic rings. The number of hydrogen-bond acceptors (Lipinski definition) is 4. The van der Waals surface area contributed by atoms with Crippen molar-refractivity contribution in [2.75, 3.05) is 22.4 Å². The van der Waals surface area contributed by atoms with Crippen LogP contribution in [0.5, 0.6) is 0 Å². The maximum atomic E-state index is 12.2. The third-order valence-corrected chi connectivity index (χ3v) is 8.47. The van der Waals surface area contributed by atoms with E-state index < -0.39 is 13.8 Å². The van der Waals surface area contributed by atoms with Crippen LogP contribution >= 0.6 is 7.79 Å². The number of rotatable bonds is 5. The number of hydrogen-bond donors (Lipinski definition) is 2. The van der Waals surface area contributed by atoms with Gasteiger partial charge in [0.05, 0.1) is 0 Å². The molecule has 0 amide bonds. The van der Waals surface area contributed by atoms with E-state index in [9.17, 15) is 14.8 Å². The molecule has 1 saturated heterocycles. The van der Waals surface area contributed by atoms with Crippen molar-refractivity contribution in [2.24, 2.45) is 5.41 Å². The number of para-hydroxylation sites is 2. The average molecular weight is 400 g/mol. The molecular weight excluding hydrogens is 371 g/mol. The van der Waals surface area contributed by atoms with Crippen molar-refractivity contribution in [3.8, 4) is 0 Å². The molecule has 1 aliphatic rings. The molecule has 1 heterocycles. The fourth-order valence-electron chi connectivity index (χ4n) is 3.79. The Labute approximate surface area is 167 Å². The maximum absolute atomic E-state index is 12.2. The van der Waals surface area contributed by atoms with Gasteiger partial charge < -0.3 is 0 Å². The van der Waals surface area contributed by atoms with Crippen LogP contribution in [0.2, 0.25) is 0 Å². The van der Waals surface area contributed by atoms with E-state index in [1.165, 1.54) is 0 Å². The van der Waals surface area contributed by atoms with Crippen molar-refractivity contribution in [1.82, 2.24) is 0 Å². The van der Waals surface area contributed by atoms with Crippen LogP contribution in [0.25, 0.3) is 0 Å². The van der Waals surface area contributed by atoms with Crippen LogP contribution in [-0.4, -0.2) is 29.1 Å². The van der Waals surface area contributed by atoms with E-state index in [0.29, 0.717) is 18.4 Å². The second kappa shape index (κ2) is 7.94. The van der Waals surface area contributed by atoms with Gasteiger partial charge in [-0.05, 0) is 0 Å². The van der Waals surface area contributed by atoms with Gasteiger partial charge in [0.2, 0.25) is 0 Å². The SMILES string of the molecule is CC(C)(C)/C=C(/CC(=O)O)[PH]1(O)N(c2ccccc2)CCN1c1ccccc1. The summed E-state index contributed by atoms with van der Waals surface area (Å²) in [7, 11) is -3.48. The van der Waals surface area contributed by atoms with Gasteiger partial charge in [-0.15, -0.1) is 0 Å². The summed E-state index contributed by atoms with van der Waals surface area (Å²) in [4.78, 5) is 24.0. The molecule has 0 bridgehead atoms. The first-order valence-corrected chi connectivity index (χ1v) is 11.4. The molecule has 1 fully saturated rings. The van der Waals surface area contributed by atoms with E-state index in [0.717, 1.165) is 11.4 Å². The van der Waals surface area contributed by atoms with Crippen LogP contribution in [0.3, 0.4) is 0 Å². The summed E-state index contributed by atoms with van der Waals surface area (Å²) in [5.74, 6) is -0.927. The Morgan fingerprint density at radius 3 is 1.75 bits per heavy atom. The first kappa shape index (κ1) is 20.4. The van der Waals surface area contributed by atoms with Gasteiger partial charge in [0.1, 0.15) is 0 Å². The fraction of sp³-hybridized carbons (Fsp3) is 0.318. The van der Waals surface area contributed by atoms with E-state index >= 15 is 0 Å². The van der Waals surface area contributed by atoms with E-state index in [2.05, 4.69) is 0 Å². The average Bonchev–Trinajstić information content (AvgIpc) is 2.99. The predicted molar refractivity (Wildman–Crippen MR) is 118 cm³/mol. The van der Waals surface area contributed by atoms with Gasteiger partial charge in [-0.1, -0.05) is 0 Å². The van der Waals surface area contributed by atoms with E-state index in [1.54, 1.807) is 0 Å². The third-order valence-electron chi connectivity index (χ3n) is 4.82. The van der Waals surface area contributed by atoms with Crippen LogP contribution in [0.1, 0.15) is 27.2 Å². The van der Waals surface area contributed by atoms with Crippen LogP contribution in [0, 0.1) is 5.41 Å². The van der Waals surface area contributed by atoms with Crippen molar-refractivity contribution < 1.29 is 14.8 Å². The third kappa shape index (κ3) is 4.21. The molecule has 2 N–H and O–H groups in total. The van der Waals surface area contributed by atoms with Crippen molar-refractivity contribution in [3.63, 3.8) is 0 Å². The van der Waals surface area contributed by atoms with Crippen LogP contribution < -0.4 is 9.34 Å². The van der Waals surface area contributed by atoms with Crippen LogP contribution in [0.15, 0.2) is 72.1 Å². The van der Waals surface area contributed by atoms with Gasteiger partial charge in [0.25, 0.3) is 0 Å². The molecule has 3 rings (SSSR count). The first-order valence-electron chi connectivity index (χ1n) is 9.53. The molecule has 0 saturated carbocycles. The number of anilines is 2. The van der Waals surface area contributed by atoms with Crippen molar-refractivity contribution in [2.45, 2.75) is 27.2 Å². The Morgan fingerprint density at radius 2 is 1.39 bits per heavy atom. The number of aliphatic carboxylic acids is 1. The Balaban J connectivity index is 2.18. The molecule has 28 heavy (non-hydrogen) atoms. The van der Waals surface area contributed by atoms with Crippen molar-refractivity contribution in [3.05, 3.63) is 72.1 Å². The Bertz CT molecular complexity index is 800. The minimum absolute atomic E-state index is 0.174. The topological polar surface area (TPSA) is 64.0 Å². The summed E-state index contributed by atoms with van der Waals surface area (Å²) in [6.07, 6.45) is 1.78. The zero-order chi connectivity index (χ0) is 20.4. The Morgan fingerprint density at radius 1 is 0.964 bits per heavy atom. The molecule has 150 valence electrons. The second-order valence-corrected chi connectivity index (χ2v) is 11.2. The molecule has 0 aliphatic carbocycles. The number of carboxylic acids is 1. The fourth-order valence-corrected chi connectivity index (χ4v) is 7.63. The summed E-state index contributed by atoms with van der Waals surface area (Å²) >= 11 is 0. The summed E-state index contributed by atoms with van der Waals surface area (Å²) in [6.45, 7) is 7.37. The van der Waals surface area contributed by atoms with E-state index in [4.69, 9.17) is 0 Å². The van der Waals surface area contributed by atoms with Gasteiger partial charge in [0, 0.05) is 0 Å². The normalized spacial score (nSPS) is 18.2. The van der Waals surface area contributed by atoms with Gasteiger partial charge in [-0.3, -0.25) is 0 Å². The summed E-state index contributed by atoms with van der Waals surface area (Å²) < 4.78 is 4.06. The number of carboxylic acid groups (broad SMARTS) is 1. The van der Waals surface area contributed by atoms with Gasteiger partial charge in [0.15, 0.2) is 0 Å². The zero-order valence-corrected chi connectivity index (χ0v) is 17.7. The van der Waals surface area contributed by atoms with Gasteiger partial charge in [-0.2, -0.15) is 0 Å². The van der Waals surface area contributed by atoms with Crippen LogP contribution in [0.4, 0.5) is 11.4 Å². The number of carbonyl (C=O) groups is 1. The summed E-state index contributed by atoms with van der Waals surface area (Å²) in [5.41, 5.74) is 1.58. The molecule has 0 spiro atoms. The minimum atomic E-state index is -3.48. The predicted octanol–water partition coefficient (Wildman–Crippen LogP) is 4.91.